The number of rotatable bonds is 6. The molecule has 0 atom stereocenters. The van der Waals surface area contributed by atoms with Crippen LogP contribution < -0.4 is 5.32 Å². The van der Waals surface area contributed by atoms with Gasteiger partial charge in [-0.3, -0.25) is 4.79 Å². The van der Waals surface area contributed by atoms with E-state index in [9.17, 15) is 14.9 Å². The topological polar surface area (TPSA) is 84.1 Å². The van der Waals surface area contributed by atoms with Crippen molar-refractivity contribution in [2.24, 2.45) is 0 Å². The van der Waals surface area contributed by atoms with E-state index in [1.54, 1.807) is 18.2 Å². The van der Waals surface area contributed by atoms with Gasteiger partial charge in [-0.2, -0.15) is 5.26 Å². The third-order valence-electron chi connectivity index (χ3n) is 5.30. The van der Waals surface area contributed by atoms with Gasteiger partial charge in [0.2, 0.25) is 0 Å². The molecule has 0 aliphatic rings. The average Bonchev–Trinajstić information content (AvgIpc) is 3.08. The maximum atomic E-state index is 12.6. The molecule has 1 aromatic heterocycles. The van der Waals surface area contributed by atoms with Gasteiger partial charge < -0.3 is 14.6 Å². The molecule has 162 valence electrons. The van der Waals surface area contributed by atoms with Gasteiger partial charge >= 0.3 is 5.97 Å². The summed E-state index contributed by atoms with van der Waals surface area (Å²) in [6.45, 7) is 6.16. The number of hydrogen-bond acceptors (Lipinski definition) is 4. The number of methoxy groups -OCH3 is 1. The smallest absolute Gasteiger partial charge is 0.337 e. The largest absolute Gasteiger partial charge is 0.465 e. The van der Waals surface area contributed by atoms with Crippen LogP contribution in [0.1, 0.15) is 38.4 Å². The van der Waals surface area contributed by atoms with Gasteiger partial charge in [0.1, 0.15) is 11.6 Å². The summed E-state index contributed by atoms with van der Waals surface area (Å²) < 4.78 is 6.85. The molecule has 0 fully saturated rings. The number of nitrogens with zero attached hydrogens (tertiary/aromatic N) is 2. The minimum atomic E-state index is -0.426. The van der Waals surface area contributed by atoms with Gasteiger partial charge in [0.15, 0.2) is 0 Å². The Bertz CT molecular complexity index is 1230. The highest BCUT2D eigenvalue weighted by Crippen LogP contribution is 2.26. The fourth-order valence-corrected chi connectivity index (χ4v) is 3.58. The summed E-state index contributed by atoms with van der Waals surface area (Å²) in [6, 6.07) is 18.8. The maximum absolute atomic E-state index is 12.6. The van der Waals surface area contributed by atoms with Crippen LogP contribution in [0.4, 0.5) is 0 Å². The fourth-order valence-electron chi connectivity index (χ4n) is 3.58. The fraction of sp³-hybridized carbons (Fsp3) is 0.192. The van der Waals surface area contributed by atoms with E-state index < -0.39 is 11.9 Å². The first-order valence-corrected chi connectivity index (χ1v) is 10.2. The molecular weight excluding hydrogens is 402 g/mol. The molecule has 2 aromatic carbocycles. The van der Waals surface area contributed by atoms with E-state index in [0.717, 1.165) is 33.8 Å². The molecule has 0 bridgehead atoms. The number of nitrogens with one attached hydrogen (secondary N) is 1. The quantitative estimate of drug-likeness (QED) is 0.359. The Morgan fingerprint density at radius 2 is 1.81 bits per heavy atom. The second-order valence-electron chi connectivity index (χ2n) is 7.49. The van der Waals surface area contributed by atoms with Gasteiger partial charge in [0.25, 0.3) is 5.91 Å². The number of ether oxygens (including phenoxy) is 1. The van der Waals surface area contributed by atoms with E-state index in [1.807, 2.05) is 73.9 Å². The summed E-state index contributed by atoms with van der Waals surface area (Å²) in [6.07, 6.45) is 1.60. The summed E-state index contributed by atoms with van der Waals surface area (Å²) in [5.41, 5.74) is 5.80. The Kier molecular flexibility index (Phi) is 6.91. The van der Waals surface area contributed by atoms with Crippen molar-refractivity contribution in [2.45, 2.75) is 27.3 Å². The molecule has 0 radical (unpaired) electrons. The minimum absolute atomic E-state index is 0.0289. The summed E-state index contributed by atoms with van der Waals surface area (Å²) in [4.78, 5) is 24.6. The molecular formula is C26H25N3O3. The van der Waals surface area contributed by atoms with Crippen molar-refractivity contribution in [2.75, 3.05) is 7.11 Å². The minimum Gasteiger partial charge on any atom is -0.465 e. The summed E-state index contributed by atoms with van der Waals surface area (Å²) in [5.74, 6) is -0.833. The Labute approximate surface area is 187 Å². The lowest BCUT2D eigenvalue weighted by Gasteiger charge is -2.14. The second kappa shape index (κ2) is 9.80. The van der Waals surface area contributed by atoms with Gasteiger partial charge in [0.05, 0.1) is 12.7 Å². The number of esters is 1. The van der Waals surface area contributed by atoms with Crippen LogP contribution in [0, 0.1) is 32.1 Å². The number of carbonyl (C=O) groups is 2. The molecule has 6 heteroatoms. The van der Waals surface area contributed by atoms with Gasteiger partial charge in [0, 0.05) is 23.6 Å². The van der Waals surface area contributed by atoms with Crippen LogP contribution in [0.25, 0.3) is 11.8 Å². The Morgan fingerprint density at radius 1 is 1.09 bits per heavy atom. The predicted octanol–water partition coefficient (Wildman–Crippen LogP) is 4.41. The van der Waals surface area contributed by atoms with E-state index >= 15 is 0 Å². The van der Waals surface area contributed by atoms with Crippen LogP contribution in [0.3, 0.4) is 0 Å². The molecule has 1 heterocycles. The van der Waals surface area contributed by atoms with Crippen LogP contribution in [0.5, 0.6) is 0 Å². The molecule has 3 rings (SSSR count). The maximum Gasteiger partial charge on any atom is 0.337 e. The van der Waals surface area contributed by atoms with Crippen LogP contribution in [-0.4, -0.2) is 23.6 Å². The molecule has 3 aromatic rings. The van der Waals surface area contributed by atoms with Crippen LogP contribution in [0.15, 0.2) is 60.2 Å². The van der Waals surface area contributed by atoms with Gasteiger partial charge in [-0.05, 0) is 61.7 Å². The van der Waals surface area contributed by atoms with Crippen molar-refractivity contribution in [3.8, 4) is 11.8 Å². The van der Waals surface area contributed by atoms with Crippen molar-refractivity contribution in [3.05, 3.63) is 93.8 Å². The Morgan fingerprint density at radius 3 is 2.47 bits per heavy atom. The summed E-state index contributed by atoms with van der Waals surface area (Å²) >= 11 is 0. The van der Waals surface area contributed by atoms with Crippen molar-refractivity contribution in [1.29, 1.82) is 5.26 Å². The molecule has 1 amide bonds. The molecule has 0 spiro atoms. The standard InChI is InChI=1S/C26H25N3O3/c1-17-10-11-21(26(31)32-4)14-24(17)29-18(2)12-22(19(29)3)13-23(15-27)25(30)28-16-20-8-6-5-7-9-20/h5-14H,16H2,1-4H3,(H,28,30)/b23-13-. The van der Waals surface area contributed by atoms with Crippen LogP contribution >= 0.6 is 0 Å². The Balaban J connectivity index is 1.93. The molecule has 0 unspecified atom stereocenters. The summed E-state index contributed by atoms with van der Waals surface area (Å²) in [7, 11) is 1.35. The number of hydrogen-bond donors (Lipinski definition) is 1. The zero-order valence-corrected chi connectivity index (χ0v) is 18.6. The Hall–Kier alpha value is -4.11. The molecule has 0 aliphatic carbocycles. The third-order valence-corrected chi connectivity index (χ3v) is 5.30. The van der Waals surface area contributed by atoms with E-state index in [1.165, 1.54) is 7.11 Å². The van der Waals surface area contributed by atoms with Gasteiger partial charge in [-0.15, -0.1) is 0 Å². The van der Waals surface area contributed by atoms with Gasteiger partial charge in [-0.25, -0.2) is 4.79 Å². The number of aryl methyl sites for hydroxylation is 2. The molecule has 32 heavy (non-hydrogen) atoms. The lowest BCUT2D eigenvalue weighted by Crippen LogP contribution is -2.23. The second-order valence-corrected chi connectivity index (χ2v) is 7.49. The van der Waals surface area contributed by atoms with E-state index in [0.29, 0.717) is 12.1 Å². The highest BCUT2D eigenvalue weighted by Gasteiger charge is 2.16. The van der Waals surface area contributed by atoms with Crippen LogP contribution in [0.2, 0.25) is 0 Å². The molecule has 6 nitrogen and oxygen atoms in total. The third kappa shape index (κ3) is 4.79. The van der Waals surface area contributed by atoms with E-state index in [2.05, 4.69) is 5.32 Å². The zero-order chi connectivity index (χ0) is 23.3. The van der Waals surface area contributed by atoms with E-state index in [4.69, 9.17) is 4.74 Å². The molecule has 0 saturated carbocycles. The number of aromatic nitrogens is 1. The highest BCUT2D eigenvalue weighted by molar-refractivity contribution is 6.01. The monoisotopic (exact) mass is 427 g/mol. The van der Waals surface area contributed by atoms with Crippen molar-refractivity contribution >= 4 is 18.0 Å². The first kappa shape index (κ1) is 22.6. The molecule has 0 saturated heterocycles. The first-order valence-electron chi connectivity index (χ1n) is 10.2. The lowest BCUT2D eigenvalue weighted by atomic mass is 10.1. The molecule has 0 aliphatic heterocycles. The lowest BCUT2D eigenvalue weighted by molar-refractivity contribution is -0.117. The van der Waals surface area contributed by atoms with Crippen LogP contribution in [-0.2, 0) is 16.1 Å². The number of amides is 1. The number of nitriles is 1. The average molecular weight is 428 g/mol. The van der Waals surface area contributed by atoms with Crippen molar-refractivity contribution in [3.63, 3.8) is 0 Å². The summed E-state index contributed by atoms with van der Waals surface area (Å²) in [5, 5.41) is 12.4. The van der Waals surface area contributed by atoms with E-state index in [-0.39, 0.29) is 5.57 Å². The molecule has 1 N–H and O–H groups in total. The zero-order valence-electron chi connectivity index (χ0n) is 18.6. The van der Waals surface area contributed by atoms with Gasteiger partial charge in [-0.1, -0.05) is 36.4 Å². The number of benzene rings is 2. The highest BCUT2D eigenvalue weighted by atomic mass is 16.5. The normalized spacial score (nSPS) is 11.0. The number of carbonyl (C=O) groups excluding carboxylic acids is 2. The van der Waals surface area contributed by atoms with Crippen molar-refractivity contribution < 1.29 is 14.3 Å². The SMILES string of the molecule is COC(=O)c1ccc(C)c(-n2c(C)cc(/C=C(/C#N)C(=O)NCc3ccccc3)c2C)c1. The van der Waals surface area contributed by atoms with Crippen molar-refractivity contribution in [1.82, 2.24) is 9.88 Å². The first-order chi connectivity index (χ1) is 15.3. The predicted molar refractivity (Wildman–Crippen MR) is 123 cm³/mol.